The van der Waals surface area contributed by atoms with Gasteiger partial charge in [-0.1, -0.05) is 31.9 Å². The molecule has 2 aromatic carbocycles. The molecule has 0 saturated heterocycles. The van der Waals surface area contributed by atoms with Crippen LogP contribution in [0.3, 0.4) is 0 Å². The van der Waals surface area contributed by atoms with Crippen LogP contribution in [0.5, 0.6) is 0 Å². The molecule has 0 spiro atoms. The second-order valence-corrected chi connectivity index (χ2v) is 11.0. The highest BCUT2D eigenvalue weighted by Crippen LogP contribution is 2.46. The van der Waals surface area contributed by atoms with Crippen LogP contribution in [-0.4, -0.2) is 25.9 Å². The van der Waals surface area contributed by atoms with Gasteiger partial charge in [0.25, 0.3) is 20.2 Å². The summed E-state index contributed by atoms with van der Waals surface area (Å²) in [6, 6.07) is 0. The zero-order valence-corrected chi connectivity index (χ0v) is 20.9. The summed E-state index contributed by atoms with van der Waals surface area (Å²) in [4.78, 5) is -0.784. The summed E-state index contributed by atoms with van der Waals surface area (Å²) < 4.78 is 70.1. The van der Waals surface area contributed by atoms with Crippen LogP contribution in [0.2, 0.25) is 0 Å². The third-order valence-corrected chi connectivity index (χ3v) is 9.52. The minimum absolute atomic E-state index is 0.0597. The Morgan fingerprint density at radius 3 is 1.00 bits per heavy atom. The van der Waals surface area contributed by atoms with Crippen LogP contribution in [0.4, 0.5) is 0 Å². The molecule has 0 aliphatic carbocycles. The first-order valence-electron chi connectivity index (χ1n) is 8.07. The van der Waals surface area contributed by atoms with Crippen LogP contribution < -0.4 is 0 Å². The van der Waals surface area contributed by atoms with Crippen molar-refractivity contribution in [3.05, 3.63) is 42.3 Å². The Hall–Kier alpha value is -0.780. The van der Waals surface area contributed by atoms with E-state index in [4.69, 9.17) is 0 Å². The minimum Gasteiger partial charge on any atom is -0.282 e. The van der Waals surface area contributed by atoms with Crippen LogP contribution in [0, 0.1) is 41.5 Å². The van der Waals surface area contributed by atoms with Crippen LogP contribution in [0.25, 0.3) is 11.1 Å². The molecular weight excluding hydrogens is 536 g/mol. The van der Waals surface area contributed by atoms with Gasteiger partial charge in [0.1, 0.15) is 9.79 Å². The standard InChI is InChI=1S/C18H20Br2O6S2/c1-7-9(3)15(19)11(5)17(27(21,22)23)13(7)14-8(2)10(4)16(20)12(6)18(14)28(24,25)26/h1-6H3,(H,21,22,23)(H,24,25,26). The van der Waals surface area contributed by atoms with Gasteiger partial charge in [0, 0.05) is 20.1 Å². The van der Waals surface area contributed by atoms with E-state index in [1.165, 1.54) is 13.8 Å². The highest BCUT2D eigenvalue weighted by molar-refractivity contribution is 9.10. The number of rotatable bonds is 3. The smallest absolute Gasteiger partial charge is 0.282 e. The summed E-state index contributed by atoms with van der Waals surface area (Å²) in [5, 5.41) is 0. The van der Waals surface area contributed by atoms with E-state index in [-0.39, 0.29) is 22.3 Å². The van der Waals surface area contributed by atoms with E-state index in [2.05, 4.69) is 31.9 Å². The largest absolute Gasteiger partial charge is 0.295 e. The van der Waals surface area contributed by atoms with Crippen molar-refractivity contribution in [1.82, 2.24) is 0 Å². The van der Waals surface area contributed by atoms with Gasteiger partial charge in [0.05, 0.1) is 0 Å². The molecule has 0 radical (unpaired) electrons. The Morgan fingerprint density at radius 2 is 0.786 bits per heavy atom. The van der Waals surface area contributed by atoms with Crippen molar-refractivity contribution < 1.29 is 25.9 Å². The molecule has 0 aliphatic heterocycles. The number of hydrogen-bond donors (Lipinski definition) is 2. The quantitative estimate of drug-likeness (QED) is 0.502. The zero-order chi connectivity index (χ0) is 21.9. The lowest BCUT2D eigenvalue weighted by Crippen LogP contribution is -2.13. The molecule has 0 aliphatic rings. The van der Waals surface area contributed by atoms with Gasteiger partial charge >= 0.3 is 0 Å². The van der Waals surface area contributed by atoms with E-state index in [0.29, 0.717) is 31.2 Å². The third-order valence-electron chi connectivity index (χ3n) is 5.09. The first-order valence-corrected chi connectivity index (χ1v) is 12.5. The fourth-order valence-corrected chi connectivity index (χ4v) is 6.69. The Bertz CT molecular complexity index is 1130. The summed E-state index contributed by atoms with van der Waals surface area (Å²) in [5.74, 6) is 0. The molecule has 0 heterocycles. The summed E-state index contributed by atoms with van der Waals surface area (Å²) in [6.07, 6.45) is 0. The van der Waals surface area contributed by atoms with Gasteiger partial charge in [-0.25, -0.2) is 0 Å². The van der Waals surface area contributed by atoms with E-state index >= 15 is 0 Å². The molecule has 2 aromatic rings. The average molecular weight is 556 g/mol. The average Bonchev–Trinajstić information content (AvgIpc) is 2.55. The second kappa shape index (κ2) is 7.48. The maximum absolute atomic E-state index is 12.3. The number of hydrogen-bond acceptors (Lipinski definition) is 4. The van der Waals surface area contributed by atoms with Gasteiger partial charge in [0.2, 0.25) is 0 Å². The van der Waals surface area contributed by atoms with Gasteiger partial charge in [-0.15, -0.1) is 0 Å². The highest BCUT2D eigenvalue weighted by Gasteiger charge is 2.32. The molecule has 0 fully saturated rings. The second-order valence-electron chi connectivity index (χ2n) is 6.74. The zero-order valence-electron chi connectivity index (χ0n) is 16.1. The lowest BCUT2D eigenvalue weighted by molar-refractivity contribution is 0.479. The molecular formula is C18H20Br2O6S2. The highest BCUT2D eigenvalue weighted by atomic mass is 79.9. The summed E-state index contributed by atoms with van der Waals surface area (Å²) >= 11 is 6.69. The van der Waals surface area contributed by atoms with Crippen molar-refractivity contribution in [3.8, 4) is 11.1 Å². The van der Waals surface area contributed by atoms with Gasteiger partial charge < -0.3 is 0 Å². The van der Waals surface area contributed by atoms with E-state index in [0.717, 1.165) is 0 Å². The van der Waals surface area contributed by atoms with Crippen molar-refractivity contribution in [1.29, 1.82) is 0 Å². The van der Waals surface area contributed by atoms with Crippen LogP contribution in [0.1, 0.15) is 33.4 Å². The third kappa shape index (κ3) is 3.70. The predicted octanol–water partition coefficient (Wildman–Crippen LogP) is 5.22. The van der Waals surface area contributed by atoms with Crippen LogP contribution in [-0.2, 0) is 20.2 Å². The Labute approximate surface area is 182 Å². The first-order chi connectivity index (χ1) is 12.5. The molecule has 28 heavy (non-hydrogen) atoms. The monoisotopic (exact) mass is 554 g/mol. The Balaban J connectivity index is 3.38. The molecule has 10 heteroatoms. The molecule has 0 atom stereocenters. The van der Waals surface area contributed by atoms with Gasteiger partial charge in [-0.05, 0) is 74.9 Å². The molecule has 0 bridgehead atoms. The minimum atomic E-state index is -4.71. The topological polar surface area (TPSA) is 109 Å². The predicted molar refractivity (Wildman–Crippen MR) is 115 cm³/mol. The molecule has 154 valence electrons. The molecule has 0 unspecified atom stereocenters. The molecule has 0 saturated carbocycles. The van der Waals surface area contributed by atoms with Gasteiger partial charge in [0.15, 0.2) is 0 Å². The van der Waals surface area contributed by atoms with Crippen LogP contribution >= 0.6 is 31.9 Å². The molecule has 6 nitrogen and oxygen atoms in total. The van der Waals surface area contributed by atoms with Crippen molar-refractivity contribution in [2.45, 2.75) is 51.3 Å². The van der Waals surface area contributed by atoms with Gasteiger partial charge in [-0.3, -0.25) is 9.11 Å². The van der Waals surface area contributed by atoms with Crippen molar-refractivity contribution in [3.63, 3.8) is 0 Å². The molecule has 0 amide bonds. The van der Waals surface area contributed by atoms with E-state index in [1.807, 2.05) is 0 Å². The summed E-state index contributed by atoms with van der Waals surface area (Å²) in [6.45, 7) is 9.83. The Morgan fingerprint density at radius 1 is 0.536 bits per heavy atom. The molecule has 0 aromatic heterocycles. The summed E-state index contributed by atoms with van der Waals surface area (Å²) in [7, 11) is -9.41. The fourth-order valence-electron chi connectivity index (χ4n) is 3.43. The normalized spacial score (nSPS) is 12.5. The lowest BCUT2D eigenvalue weighted by atomic mass is 9.89. The van der Waals surface area contributed by atoms with Crippen molar-refractivity contribution in [2.24, 2.45) is 0 Å². The van der Waals surface area contributed by atoms with Crippen molar-refractivity contribution >= 4 is 52.1 Å². The van der Waals surface area contributed by atoms with Gasteiger partial charge in [-0.2, -0.15) is 16.8 Å². The van der Waals surface area contributed by atoms with Crippen LogP contribution in [0.15, 0.2) is 18.7 Å². The lowest BCUT2D eigenvalue weighted by Gasteiger charge is -2.24. The SMILES string of the molecule is Cc1c(C)c(-c2c(C)c(C)c(Br)c(C)c2S(=O)(=O)O)c(S(=O)(=O)O)c(C)c1Br. The summed E-state index contributed by atoms with van der Waals surface area (Å²) in [5.41, 5.74) is 2.95. The fraction of sp³-hybridized carbons (Fsp3) is 0.333. The Kier molecular flexibility index (Phi) is 6.28. The van der Waals surface area contributed by atoms with E-state index in [1.54, 1.807) is 27.7 Å². The molecule has 2 N–H and O–H groups in total. The van der Waals surface area contributed by atoms with E-state index in [9.17, 15) is 25.9 Å². The maximum atomic E-state index is 12.3. The number of halogens is 2. The number of benzene rings is 2. The maximum Gasteiger partial charge on any atom is 0.295 e. The van der Waals surface area contributed by atoms with Crippen molar-refractivity contribution in [2.75, 3.05) is 0 Å². The van der Waals surface area contributed by atoms with E-state index < -0.39 is 30.0 Å². The molecule has 2 rings (SSSR count). The first kappa shape index (κ1) is 23.5.